The van der Waals surface area contributed by atoms with Gasteiger partial charge in [-0.05, 0) is 42.3 Å². The Bertz CT molecular complexity index is 1350. The number of carbonyl (C=O) groups excluding carboxylic acids is 1. The first-order valence-electron chi connectivity index (χ1n) is 10.2. The monoisotopic (exact) mass is 478 g/mol. The molecular weight excluding hydrogens is 456 g/mol. The van der Waals surface area contributed by atoms with E-state index in [0.717, 1.165) is 28.6 Å². The lowest BCUT2D eigenvalue weighted by atomic mass is 10.2. The van der Waals surface area contributed by atoms with Crippen molar-refractivity contribution < 1.29 is 9.53 Å². The van der Waals surface area contributed by atoms with Gasteiger partial charge in [0.1, 0.15) is 21.5 Å². The molecule has 0 spiro atoms. The van der Waals surface area contributed by atoms with Crippen LogP contribution in [0.5, 0.6) is 5.75 Å². The number of methoxy groups -OCH3 is 1. The van der Waals surface area contributed by atoms with E-state index in [4.69, 9.17) is 17.0 Å². The van der Waals surface area contributed by atoms with E-state index in [-0.39, 0.29) is 11.5 Å². The van der Waals surface area contributed by atoms with Crippen molar-refractivity contribution in [2.24, 2.45) is 0 Å². The fourth-order valence-corrected chi connectivity index (χ4v) is 4.63. The molecule has 1 aliphatic heterocycles. The van der Waals surface area contributed by atoms with Crippen LogP contribution in [0.3, 0.4) is 0 Å². The Balaban J connectivity index is 1.76. The van der Waals surface area contributed by atoms with E-state index >= 15 is 0 Å². The Morgan fingerprint density at radius 2 is 1.97 bits per heavy atom. The zero-order chi connectivity index (χ0) is 23.5. The smallest absolute Gasteiger partial charge is 0.267 e. The third-order valence-electron chi connectivity index (χ3n) is 5.09. The van der Waals surface area contributed by atoms with E-state index in [1.807, 2.05) is 37.3 Å². The Morgan fingerprint density at radius 1 is 1.21 bits per heavy atom. The maximum atomic E-state index is 13.4. The maximum Gasteiger partial charge on any atom is 0.267 e. The van der Waals surface area contributed by atoms with E-state index in [9.17, 15) is 9.59 Å². The minimum absolute atomic E-state index is 0.250. The minimum Gasteiger partial charge on any atom is -0.497 e. The third-order valence-corrected chi connectivity index (χ3v) is 6.46. The van der Waals surface area contributed by atoms with Gasteiger partial charge in [-0.1, -0.05) is 48.3 Å². The van der Waals surface area contributed by atoms with Crippen LogP contribution in [0.4, 0.5) is 5.82 Å². The van der Waals surface area contributed by atoms with Gasteiger partial charge in [-0.25, -0.2) is 4.98 Å². The maximum absolute atomic E-state index is 13.4. The van der Waals surface area contributed by atoms with Crippen molar-refractivity contribution in [2.75, 3.05) is 19.0 Å². The van der Waals surface area contributed by atoms with Crippen molar-refractivity contribution in [3.8, 4) is 5.75 Å². The largest absolute Gasteiger partial charge is 0.497 e. The highest BCUT2D eigenvalue weighted by Crippen LogP contribution is 2.33. The number of fused-ring (bicyclic) bond motifs is 1. The van der Waals surface area contributed by atoms with Crippen LogP contribution >= 0.6 is 24.0 Å². The number of anilines is 1. The second kappa shape index (κ2) is 9.60. The molecule has 2 aromatic heterocycles. The first kappa shape index (κ1) is 22.8. The number of nitrogens with zero attached hydrogens (tertiary/aromatic N) is 3. The molecule has 0 atom stereocenters. The van der Waals surface area contributed by atoms with E-state index in [0.29, 0.717) is 39.3 Å². The molecule has 0 saturated carbocycles. The highest BCUT2D eigenvalue weighted by Gasteiger charge is 2.31. The van der Waals surface area contributed by atoms with Crippen LogP contribution in [0.15, 0.2) is 64.9 Å². The molecule has 1 N–H and O–H groups in total. The lowest BCUT2D eigenvalue weighted by molar-refractivity contribution is -0.121. The second-order valence-corrected chi connectivity index (χ2v) is 9.07. The molecule has 1 amide bonds. The summed E-state index contributed by atoms with van der Waals surface area (Å²) in [5.74, 6) is 0.909. The van der Waals surface area contributed by atoms with Crippen LogP contribution in [0.25, 0.3) is 11.7 Å². The average molecular weight is 479 g/mol. The van der Waals surface area contributed by atoms with E-state index in [2.05, 4.69) is 16.9 Å². The minimum atomic E-state index is -0.269. The number of thioether (sulfide) groups is 1. The van der Waals surface area contributed by atoms with Gasteiger partial charge in [0, 0.05) is 19.3 Å². The number of ether oxygens (including phenoxy) is 1. The first-order chi connectivity index (χ1) is 15.9. The van der Waals surface area contributed by atoms with E-state index in [1.165, 1.54) is 9.30 Å². The van der Waals surface area contributed by atoms with Crippen molar-refractivity contribution in [1.29, 1.82) is 0 Å². The number of benzene rings is 1. The Morgan fingerprint density at radius 3 is 2.67 bits per heavy atom. The first-order valence-corrected chi connectivity index (χ1v) is 11.4. The molecule has 3 heterocycles. The van der Waals surface area contributed by atoms with Crippen molar-refractivity contribution in [3.63, 3.8) is 0 Å². The summed E-state index contributed by atoms with van der Waals surface area (Å²) in [6.07, 6.45) is 4.92. The summed E-state index contributed by atoms with van der Waals surface area (Å²) in [4.78, 5) is 32.7. The zero-order valence-electron chi connectivity index (χ0n) is 18.2. The van der Waals surface area contributed by atoms with Gasteiger partial charge in [0.25, 0.3) is 11.5 Å². The van der Waals surface area contributed by atoms with Crippen LogP contribution in [-0.2, 0) is 11.3 Å². The number of hydrogen-bond donors (Lipinski definition) is 1. The van der Waals surface area contributed by atoms with Crippen LogP contribution in [0, 0.1) is 6.92 Å². The highest BCUT2D eigenvalue weighted by molar-refractivity contribution is 8.26. The van der Waals surface area contributed by atoms with Gasteiger partial charge in [-0.15, -0.1) is 6.58 Å². The van der Waals surface area contributed by atoms with Gasteiger partial charge in [0.05, 0.1) is 17.6 Å². The number of thiocarbonyl (C=S) groups is 1. The number of carbonyl (C=O) groups is 1. The summed E-state index contributed by atoms with van der Waals surface area (Å²) in [5.41, 5.74) is 2.46. The SMILES string of the molecule is C=CCN1C(=O)C(=Cc2c(NCc3ccc(OC)cc3)nc3ccc(C)cn3c2=O)SC1=S. The summed E-state index contributed by atoms with van der Waals surface area (Å²) in [6.45, 7) is 6.34. The summed E-state index contributed by atoms with van der Waals surface area (Å²) in [5, 5.41) is 3.26. The van der Waals surface area contributed by atoms with Gasteiger partial charge in [-0.3, -0.25) is 18.9 Å². The molecule has 1 aromatic carbocycles. The van der Waals surface area contributed by atoms with Gasteiger partial charge in [-0.2, -0.15) is 0 Å². The molecule has 0 aliphatic carbocycles. The summed E-state index contributed by atoms with van der Waals surface area (Å²) < 4.78 is 7.13. The number of rotatable bonds is 7. The molecule has 7 nitrogen and oxygen atoms in total. The van der Waals surface area contributed by atoms with Crippen molar-refractivity contribution >= 4 is 51.7 Å². The summed E-state index contributed by atoms with van der Waals surface area (Å²) >= 11 is 6.49. The molecule has 3 aromatic rings. The van der Waals surface area contributed by atoms with Crippen LogP contribution < -0.4 is 15.6 Å². The van der Waals surface area contributed by atoms with E-state index in [1.54, 1.807) is 31.5 Å². The van der Waals surface area contributed by atoms with Crippen molar-refractivity contribution in [2.45, 2.75) is 13.5 Å². The fourth-order valence-electron chi connectivity index (χ4n) is 3.37. The Labute approximate surface area is 200 Å². The predicted octanol–water partition coefficient (Wildman–Crippen LogP) is 4.01. The topological polar surface area (TPSA) is 75.9 Å². The standard InChI is InChI=1S/C24H22N4O3S2/c1-4-11-27-23(30)19(33-24(27)32)12-18-21(25-13-16-6-8-17(31-3)9-7-16)26-20-10-5-15(2)14-28(20)22(18)29/h4-10,12,14,25H,1,11,13H2,2-3H3. The number of nitrogens with one attached hydrogen (secondary N) is 1. The molecule has 4 rings (SSSR count). The lowest BCUT2D eigenvalue weighted by Gasteiger charge is -2.12. The summed E-state index contributed by atoms with van der Waals surface area (Å²) in [6, 6.07) is 11.3. The van der Waals surface area contributed by atoms with E-state index < -0.39 is 0 Å². The molecule has 0 unspecified atom stereocenters. The average Bonchev–Trinajstić information content (AvgIpc) is 3.08. The number of hydrogen-bond acceptors (Lipinski definition) is 7. The third kappa shape index (κ3) is 4.69. The number of pyridine rings is 1. The molecule has 1 aliphatic rings. The highest BCUT2D eigenvalue weighted by atomic mass is 32.2. The number of aryl methyl sites for hydroxylation is 1. The quantitative estimate of drug-likeness (QED) is 0.312. The van der Waals surface area contributed by atoms with Crippen LogP contribution in [0.1, 0.15) is 16.7 Å². The fraction of sp³-hybridized carbons (Fsp3) is 0.167. The molecule has 9 heteroatoms. The molecule has 168 valence electrons. The summed E-state index contributed by atoms with van der Waals surface area (Å²) in [7, 11) is 1.62. The number of aromatic nitrogens is 2. The van der Waals surface area contributed by atoms with Crippen LogP contribution in [-0.4, -0.2) is 38.2 Å². The molecule has 0 radical (unpaired) electrons. The van der Waals surface area contributed by atoms with Gasteiger partial charge in [0.15, 0.2) is 0 Å². The molecule has 1 fully saturated rings. The molecular formula is C24H22N4O3S2. The van der Waals surface area contributed by atoms with Gasteiger partial charge >= 0.3 is 0 Å². The van der Waals surface area contributed by atoms with Gasteiger partial charge in [0.2, 0.25) is 0 Å². The van der Waals surface area contributed by atoms with Gasteiger partial charge < -0.3 is 10.1 Å². The molecule has 0 bridgehead atoms. The normalized spacial score (nSPS) is 14.8. The van der Waals surface area contributed by atoms with Crippen molar-refractivity contribution in [3.05, 3.63) is 87.2 Å². The Hall–Kier alpha value is -3.43. The predicted molar refractivity (Wildman–Crippen MR) is 137 cm³/mol. The van der Waals surface area contributed by atoms with Crippen molar-refractivity contribution in [1.82, 2.24) is 14.3 Å². The molecule has 33 heavy (non-hydrogen) atoms. The second-order valence-electron chi connectivity index (χ2n) is 7.40. The van der Waals surface area contributed by atoms with Crippen LogP contribution in [0.2, 0.25) is 0 Å². The zero-order valence-corrected chi connectivity index (χ0v) is 19.8. The lowest BCUT2D eigenvalue weighted by Crippen LogP contribution is -2.28. The number of amides is 1. The molecule has 1 saturated heterocycles. The Kier molecular flexibility index (Phi) is 6.62.